The summed E-state index contributed by atoms with van der Waals surface area (Å²) in [5.74, 6) is 0.481. The molecule has 0 aliphatic heterocycles. The van der Waals surface area contributed by atoms with Crippen molar-refractivity contribution in [1.29, 1.82) is 0 Å². The molecule has 0 fully saturated rings. The highest BCUT2D eigenvalue weighted by Gasteiger charge is 2.23. The molecule has 0 aromatic heterocycles. The van der Waals surface area contributed by atoms with Crippen molar-refractivity contribution in [2.75, 3.05) is 26.2 Å². The van der Waals surface area contributed by atoms with Crippen LogP contribution in [0.25, 0.3) is 0 Å². The van der Waals surface area contributed by atoms with Crippen LogP contribution in [0, 0.1) is 5.92 Å². The molecule has 0 heterocycles. The topological polar surface area (TPSA) is 35.5 Å². The third-order valence-electron chi connectivity index (χ3n) is 3.76. The summed E-state index contributed by atoms with van der Waals surface area (Å²) >= 11 is 0. The van der Waals surface area contributed by atoms with Crippen LogP contribution in [0.2, 0.25) is 0 Å². The molecule has 0 amide bonds. The molecule has 3 nitrogen and oxygen atoms in total. The molecule has 2 atom stereocenters. The zero-order valence-corrected chi connectivity index (χ0v) is 14.3. The first kappa shape index (κ1) is 18.1. The van der Waals surface area contributed by atoms with Gasteiger partial charge in [0, 0.05) is 19.1 Å². The van der Waals surface area contributed by atoms with E-state index in [0.717, 1.165) is 19.6 Å². The van der Waals surface area contributed by atoms with Crippen LogP contribution in [0.4, 0.5) is 0 Å². The van der Waals surface area contributed by atoms with Crippen LogP contribution in [-0.2, 0) is 0 Å². The van der Waals surface area contributed by atoms with Crippen molar-refractivity contribution in [3.63, 3.8) is 0 Å². The summed E-state index contributed by atoms with van der Waals surface area (Å²) in [4.78, 5) is 2.33. The molecule has 2 unspecified atom stereocenters. The molecule has 0 aliphatic rings. The standard InChI is InChI=1S/C18H32N2O/c1-6-19-17(16-11-9-8-10-12-16)15(3)13-20(7-2)14-18(4,5)21/h8-12,15,17,19,21H,6-7,13-14H2,1-5H3. The fourth-order valence-electron chi connectivity index (χ4n) is 2.89. The predicted molar refractivity (Wildman–Crippen MR) is 90.4 cm³/mol. The Bertz CT molecular complexity index is 386. The second kappa shape index (κ2) is 8.52. The van der Waals surface area contributed by atoms with E-state index in [-0.39, 0.29) is 0 Å². The van der Waals surface area contributed by atoms with E-state index in [1.165, 1.54) is 5.56 Å². The lowest BCUT2D eigenvalue weighted by Gasteiger charge is -2.33. The van der Waals surface area contributed by atoms with Gasteiger partial charge in [-0.2, -0.15) is 0 Å². The van der Waals surface area contributed by atoms with Gasteiger partial charge in [0.25, 0.3) is 0 Å². The molecule has 1 aromatic carbocycles. The minimum Gasteiger partial charge on any atom is -0.389 e. The molecule has 0 spiro atoms. The molecule has 1 rings (SSSR count). The number of likely N-dealkylation sites (N-methyl/N-ethyl adjacent to an activating group) is 1. The monoisotopic (exact) mass is 292 g/mol. The third-order valence-corrected chi connectivity index (χ3v) is 3.76. The van der Waals surface area contributed by atoms with Crippen molar-refractivity contribution in [2.45, 2.75) is 46.3 Å². The Balaban J connectivity index is 2.74. The van der Waals surface area contributed by atoms with Gasteiger partial charge < -0.3 is 15.3 Å². The van der Waals surface area contributed by atoms with Crippen LogP contribution >= 0.6 is 0 Å². The molecule has 1 aromatic rings. The third kappa shape index (κ3) is 6.60. The Kier molecular flexibility index (Phi) is 7.36. The summed E-state index contributed by atoms with van der Waals surface area (Å²) in [5.41, 5.74) is 0.696. The first-order valence-corrected chi connectivity index (χ1v) is 8.10. The maximum atomic E-state index is 10.0. The maximum absolute atomic E-state index is 10.0. The van der Waals surface area contributed by atoms with Gasteiger partial charge in [-0.15, -0.1) is 0 Å². The van der Waals surface area contributed by atoms with Crippen molar-refractivity contribution in [2.24, 2.45) is 5.92 Å². The summed E-state index contributed by atoms with van der Waals surface area (Å²) in [6.45, 7) is 13.9. The summed E-state index contributed by atoms with van der Waals surface area (Å²) in [7, 11) is 0. The van der Waals surface area contributed by atoms with E-state index >= 15 is 0 Å². The number of benzene rings is 1. The fourth-order valence-corrected chi connectivity index (χ4v) is 2.89. The van der Waals surface area contributed by atoms with Crippen LogP contribution < -0.4 is 5.32 Å². The highest BCUT2D eigenvalue weighted by molar-refractivity contribution is 5.19. The van der Waals surface area contributed by atoms with Crippen LogP contribution in [0.15, 0.2) is 30.3 Å². The Hall–Kier alpha value is -0.900. The second-order valence-electron chi connectivity index (χ2n) is 6.56. The van der Waals surface area contributed by atoms with Gasteiger partial charge in [-0.05, 0) is 38.4 Å². The van der Waals surface area contributed by atoms with Gasteiger partial charge >= 0.3 is 0 Å². The van der Waals surface area contributed by atoms with Crippen LogP contribution in [0.1, 0.15) is 46.2 Å². The van der Waals surface area contributed by atoms with Gasteiger partial charge in [-0.3, -0.25) is 0 Å². The Labute approximate surface area is 130 Å². The predicted octanol–water partition coefficient (Wildman–Crippen LogP) is 3.07. The summed E-state index contributed by atoms with van der Waals surface area (Å²) in [5, 5.41) is 13.6. The molecule has 0 saturated heterocycles. The molecule has 0 bridgehead atoms. The lowest BCUT2D eigenvalue weighted by molar-refractivity contribution is 0.0317. The van der Waals surface area contributed by atoms with E-state index in [1.54, 1.807) is 0 Å². The fraction of sp³-hybridized carbons (Fsp3) is 0.667. The van der Waals surface area contributed by atoms with E-state index in [1.807, 2.05) is 13.8 Å². The van der Waals surface area contributed by atoms with Crippen molar-refractivity contribution >= 4 is 0 Å². The number of hydrogen-bond donors (Lipinski definition) is 2. The molecule has 120 valence electrons. The SMILES string of the molecule is CCNC(c1ccccc1)C(C)CN(CC)CC(C)(C)O. The number of nitrogens with one attached hydrogen (secondary N) is 1. The Morgan fingerprint density at radius 1 is 1.19 bits per heavy atom. The zero-order chi connectivity index (χ0) is 15.9. The Morgan fingerprint density at radius 3 is 2.29 bits per heavy atom. The van der Waals surface area contributed by atoms with Crippen LogP contribution in [0.3, 0.4) is 0 Å². The van der Waals surface area contributed by atoms with Crippen molar-refractivity contribution in [1.82, 2.24) is 10.2 Å². The number of nitrogens with zero attached hydrogens (tertiary/aromatic N) is 1. The van der Waals surface area contributed by atoms with Gasteiger partial charge in [0.05, 0.1) is 5.60 Å². The summed E-state index contributed by atoms with van der Waals surface area (Å²) < 4.78 is 0. The minimum atomic E-state index is -0.643. The van der Waals surface area contributed by atoms with Crippen molar-refractivity contribution in [3.8, 4) is 0 Å². The Morgan fingerprint density at radius 2 is 1.81 bits per heavy atom. The molecule has 0 radical (unpaired) electrons. The highest BCUT2D eigenvalue weighted by Crippen LogP contribution is 2.23. The molecule has 3 heteroatoms. The molecule has 0 aliphatic carbocycles. The number of hydrogen-bond acceptors (Lipinski definition) is 3. The van der Waals surface area contributed by atoms with Gasteiger partial charge in [0.2, 0.25) is 0 Å². The highest BCUT2D eigenvalue weighted by atomic mass is 16.3. The van der Waals surface area contributed by atoms with Crippen LogP contribution in [0.5, 0.6) is 0 Å². The lowest BCUT2D eigenvalue weighted by Crippen LogP contribution is -2.42. The summed E-state index contributed by atoms with van der Waals surface area (Å²) in [6, 6.07) is 11.0. The lowest BCUT2D eigenvalue weighted by atomic mass is 9.93. The maximum Gasteiger partial charge on any atom is 0.0718 e. The largest absolute Gasteiger partial charge is 0.389 e. The molecule has 21 heavy (non-hydrogen) atoms. The summed E-state index contributed by atoms with van der Waals surface area (Å²) in [6.07, 6.45) is 0. The number of rotatable bonds is 9. The molecular formula is C18H32N2O. The van der Waals surface area contributed by atoms with Gasteiger partial charge in [0.1, 0.15) is 0 Å². The van der Waals surface area contributed by atoms with Crippen molar-refractivity contribution in [3.05, 3.63) is 35.9 Å². The van der Waals surface area contributed by atoms with E-state index in [0.29, 0.717) is 18.5 Å². The van der Waals surface area contributed by atoms with E-state index in [9.17, 15) is 5.11 Å². The normalized spacial score (nSPS) is 15.2. The number of aliphatic hydroxyl groups is 1. The molecule has 0 saturated carbocycles. The van der Waals surface area contributed by atoms with E-state index < -0.39 is 5.60 Å². The van der Waals surface area contributed by atoms with E-state index in [2.05, 4.69) is 61.3 Å². The molecular weight excluding hydrogens is 260 g/mol. The van der Waals surface area contributed by atoms with Gasteiger partial charge in [-0.1, -0.05) is 51.1 Å². The average molecular weight is 292 g/mol. The molecule has 2 N–H and O–H groups in total. The first-order chi connectivity index (χ1) is 9.87. The minimum absolute atomic E-state index is 0.354. The smallest absolute Gasteiger partial charge is 0.0718 e. The first-order valence-electron chi connectivity index (χ1n) is 8.10. The average Bonchev–Trinajstić information content (AvgIpc) is 2.43. The quantitative estimate of drug-likeness (QED) is 0.734. The van der Waals surface area contributed by atoms with Gasteiger partial charge in [-0.25, -0.2) is 0 Å². The van der Waals surface area contributed by atoms with Crippen LogP contribution in [-0.4, -0.2) is 41.8 Å². The second-order valence-corrected chi connectivity index (χ2v) is 6.56. The zero-order valence-electron chi connectivity index (χ0n) is 14.3. The van der Waals surface area contributed by atoms with E-state index in [4.69, 9.17) is 0 Å². The van der Waals surface area contributed by atoms with Crippen molar-refractivity contribution < 1.29 is 5.11 Å². The van der Waals surface area contributed by atoms with Gasteiger partial charge in [0.15, 0.2) is 0 Å².